The molecule has 0 aliphatic heterocycles. The largest absolute Gasteiger partial charge is 0.0625 e. The van der Waals surface area contributed by atoms with Gasteiger partial charge in [-0.1, -0.05) is 31.9 Å². The van der Waals surface area contributed by atoms with Crippen molar-refractivity contribution in [2.24, 2.45) is 5.92 Å². The molecule has 2 rings (SSSR count). The standard InChI is InChI=1S/C13H17I/c1-10-5-7-11(8-6-10)12-3-2-4-13(14)9-12/h2-4,9-11H,5-8H2,1H3. The van der Waals surface area contributed by atoms with Crippen molar-refractivity contribution in [1.82, 2.24) is 0 Å². The molecule has 76 valence electrons. The molecule has 0 nitrogen and oxygen atoms in total. The summed E-state index contributed by atoms with van der Waals surface area (Å²) in [6, 6.07) is 9.01. The van der Waals surface area contributed by atoms with Gasteiger partial charge in [-0.2, -0.15) is 0 Å². The Kier molecular flexibility index (Phi) is 3.47. The molecule has 0 aromatic heterocycles. The average Bonchev–Trinajstić information content (AvgIpc) is 2.19. The summed E-state index contributed by atoms with van der Waals surface area (Å²) in [5, 5.41) is 0. The molecule has 0 saturated heterocycles. The fraction of sp³-hybridized carbons (Fsp3) is 0.538. The summed E-state index contributed by atoms with van der Waals surface area (Å²) in [4.78, 5) is 0. The fourth-order valence-corrected chi connectivity index (χ4v) is 2.92. The van der Waals surface area contributed by atoms with Crippen LogP contribution in [0.25, 0.3) is 0 Å². The Morgan fingerprint density at radius 2 is 1.86 bits per heavy atom. The molecule has 0 unspecified atom stereocenters. The summed E-state index contributed by atoms with van der Waals surface area (Å²) < 4.78 is 1.37. The predicted molar refractivity (Wildman–Crippen MR) is 69.5 cm³/mol. The molecular formula is C13H17I. The van der Waals surface area contributed by atoms with Gasteiger partial charge in [-0.3, -0.25) is 0 Å². The molecule has 0 heterocycles. The molecule has 0 bridgehead atoms. The van der Waals surface area contributed by atoms with Gasteiger partial charge in [-0.15, -0.1) is 0 Å². The van der Waals surface area contributed by atoms with Gasteiger partial charge in [0.05, 0.1) is 0 Å². The smallest absolute Gasteiger partial charge is 0.0133 e. The molecule has 1 fully saturated rings. The van der Waals surface area contributed by atoms with E-state index in [4.69, 9.17) is 0 Å². The van der Waals surface area contributed by atoms with Gasteiger partial charge >= 0.3 is 0 Å². The minimum Gasteiger partial charge on any atom is -0.0625 e. The Labute approximate surface area is 100 Å². The first-order valence-corrected chi connectivity index (χ1v) is 6.59. The molecule has 0 radical (unpaired) electrons. The minimum atomic E-state index is 0.834. The summed E-state index contributed by atoms with van der Waals surface area (Å²) in [6.07, 6.45) is 5.61. The van der Waals surface area contributed by atoms with Crippen molar-refractivity contribution in [1.29, 1.82) is 0 Å². The van der Waals surface area contributed by atoms with E-state index in [-0.39, 0.29) is 0 Å². The second kappa shape index (κ2) is 4.65. The van der Waals surface area contributed by atoms with E-state index in [0.29, 0.717) is 0 Å². The summed E-state index contributed by atoms with van der Waals surface area (Å²) in [7, 11) is 0. The lowest BCUT2D eigenvalue weighted by atomic mass is 9.79. The van der Waals surface area contributed by atoms with E-state index < -0.39 is 0 Å². The van der Waals surface area contributed by atoms with Crippen molar-refractivity contribution in [3.63, 3.8) is 0 Å². The van der Waals surface area contributed by atoms with Gasteiger partial charge in [0.15, 0.2) is 0 Å². The van der Waals surface area contributed by atoms with E-state index >= 15 is 0 Å². The number of hydrogen-bond donors (Lipinski definition) is 0. The highest BCUT2D eigenvalue weighted by Crippen LogP contribution is 2.35. The lowest BCUT2D eigenvalue weighted by molar-refractivity contribution is 0.348. The number of halogens is 1. The Morgan fingerprint density at radius 1 is 1.14 bits per heavy atom. The summed E-state index contributed by atoms with van der Waals surface area (Å²) in [5.74, 6) is 1.79. The maximum Gasteiger partial charge on any atom is 0.0133 e. The third-order valence-corrected chi connectivity index (χ3v) is 4.01. The van der Waals surface area contributed by atoms with Crippen molar-refractivity contribution in [2.75, 3.05) is 0 Å². The fourth-order valence-electron chi connectivity index (χ4n) is 2.35. The molecular weight excluding hydrogens is 283 g/mol. The highest BCUT2D eigenvalue weighted by atomic mass is 127. The van der Waals surface area contributed by atoms with Crippen LogP contribution in [0.1, 0.15) is 44.1 Å². The second-order valence-corrected chi connectivity index (χ2v) is 5.76. The molecule has 1 aromatic carbocycles. The molecule has 1 saturated carbocycles. The van der Waals surface area contributed by atoms with Gasteiger partial charge in [0.1, 0.15) is 0 Å². The SMILES string of the molecule is CC1CCC(c2cccc(I)c2)CC1. The van der Waals surface area contributed by atoms with E-state index in [0.717, 1.165) is 11.8 Å². The van der Waals surface area contributed by atoms with Crippen molar-refractivity contribution < 1.29 is 0 Å². The molecule has 1 aliphatic rings. The maximum absolute atomic E-state index is 2.41. The summed E-state index contributed by atoms with van der Waals surface area (Å²) in [6.45, 7) is 2.38. The Hall–Kier alpha value is -0.0500. The van der Waals surface area contributed by atoms with Crippen LogP contribution in [-0.4, -0.2) is 0 Å². The van der Waals surface area contributed by atoms with Crippen LogP contribution >= 0.6 is 22.6 Å². The summed E-state index contributed by atoms with van der Waals surface area (Å²) in [5.41, 5.74) is 1.56. The van der Waals surface area contributed by atoms with Crippen molar-refractivity contribution in [2.45, 2.75) is 38.5 Å². The molecule has 0 amide bonds. The van der Waals surface area contributed by atoms with Crippen LogP contribution in [0.15, 0.2) is 24.3 Å². The van der Waals surface area contributed by atoms with Gasteiger partial charge in [0, 0.05) is 3.57 Å². The van der Waals surface area contributed by atoms with Crippen LogP contribution in [0.2, 0.25) is 0 Å². The van der Waals surface area contributed by atoms with E-state index in [1.807, 2.05) is 0 Å². The normalized spacial score (nSPS) is 27.6. The van der Waals surface area contributed by atoms with Crippen LogP contribution in [0.3, 0.4) is 0 Å². The molecule has 14 heavy (non-hydrogen) atoms. The number of rotatable bonds is 1. The Bertz CT molecular complexity index is 298. The molecule has 0 N–H and O–H groups in total. The first kappa shape index (κ1) is 10.5. The van der Waals surface area contributed by atoms with Crippen molar-refractivity contribution in [3.8, 4) is 0 Å². The van der Waals surface area contributed by atoms with E-state index in [1.165, 1.54) is 29.3 Å². The van der Waals surface area contributed by atoms with Gasteiger partial charge in [0.25, 0.3) is 0 Å². The first-order chi connectivity index (χ1) is 6.75. The average molecular weight is 300 g/mol. The summed E-state index contributed by atoms with van der Waals surface area (Å²) >= 11 is 2.41. The van der Waals surface area contributed by atoms with Crippen LogP contribution in [-0.2, 0) is 0 Å². The zero-order valence-electron chi connectivity index (χ0n) is 8.67. The van der Waals surface area contributed by atoms with E-state index in [1.54, 1.807) is 5.56 Å². The van der Waals surface area contributed by atoms with Crippen LogP contribution in [0.4, 0.5) is 0 Å². The van der Waals surface area contributed by atoms with Crippen LogP contribution in [0, 0.1) is 9.49 Å². The number of hydrogen-bond acceptors (Lipinski definition) is 0. The quantitative estimate of drug-likeness (QED) is 0.666. The van der Waals surface area contributed by atoms with Crippen LogP contribution in [0.5, 0.6) is 0 Å². The number of benzene rings is 1. The highest BCUT2D eigenvalue weighted by molar-refractivity contribution is 14.1. The minimum absolute atomic E-state index is 0.834. The lowest BCUT2D eigenvalue weighted by Crippen LogP contribution is -2.10. The molecule has 1 aliphatic carbocycles. The topological polar surface area (TPSA) is 0 Å². The molecule has 0 atom stereocenters. The van der Waals surface area contributed by atoms with Crippen molar-refractivity contribution in [3.05, 3.63) is 33.4 Å². The van der Waals surface area contributed by atoms with E-state index in [2.05, 4.69) is 53.8 Å². The zero-order chi connectivity index (χ0) is 9.97. The highest BCUT2D eigenvalue weighted by Gasteiger charge is 2.19. The van der Waals surface area contributed by atoms with Gasteiger partial charge < -0.3 is 0 Å². The van der Waals surface area contributed by atoms with Crippen LogP contribution < -0.4 is 0 Å². The second-order valence-electron chi connectivity index (χ2n) is 4.51. The molecule has 0 spiro atoms. The van der Waals surface area contributed by atoms with Gasteiger partial charge in [-0.25, -0.2) is 0 Å². The zero-order valence-corrected chi connectivity index (χ0v) is 10.8. The van der Waals surface area contributed by atoms with E-state index in [9.17, 15) is 0 Å². The van der Waals surface area contributed by atoms with Gasteiger partial charge in [-0.05, 0) is 65.0 Å². The predicted octanol–water partition coefficient (Wildman–Crippen LogP) is 4.58. The van der Waals surface area contributed by atoms with Crippen molar-refractivity contribution >= 4 is 22.6 Å². The first-order valence-electron chi connectivity index (χ1n) is 5.51. The monoisotopic (exact) mass is 300 g/mol. The molecule has 1 heteroatoms. The Morgan fingerprint density at radius 3 is 2.50 bits per heavy atom. The maximum atomic E-state index is 2.41. The van der Waals surface area contributed by atoms with Gasteiger partial charge in [0.2, 0.25) is 0 Å². The third kappa shape index (κ3) is 2.50. The third-order valence-electron chi connectivity index (χ3n) is 3.34. The Balaban J connectivity index is 2.08. The lowest BCUT2D eigenvalue weighted by Gasteiger charge is -2.26. The molecule has 1 aromatic rings.